The van der Waals surface area contributed by atoms with Crippen LogP contribution in [0.4, 0.5) is 0 Å². The SMILES string of the molecule is Cc1cc(C)n(-c2cc(Br)ccc2CNC2CC2)n1. The molecule has 2 aromatic rings. The Balaban J connectivity index is 1.97. The molecular formula is C15H18BrN3. The van der Waals surface area contributed by atoms with Crippen LogP contribution in [0.5, 0.6) is 0 Å². The molecule has 1 aromatic heterocycles. The first-order valence-corrected chi connectivity index (χ1v) is 7.48. The van der Waals surface area contributed by atoms with Crippen LogP contribution in [0.3, 0.4) is 0 Å². The van der Waals surface area contributed by atoms with Gasteiger partial charge in [0.05, 0.1) is 11.4 Å². The molecule has 1 fully saturated rings. The number of aromatic nitrogens is 2. The molecule has 0 radical (unpaired) electrons. The Morgan fingerprint density at radius 3 is 2.74 bits per heavy atom. The van der Waals surface area contributed by atoms with Gasteiger partial charge in [-0.3, -0.25) is 0 Å². The second-order valence-corrected chi connectivity index (χ2v) is 6.18. The first-order valence-electron chi connectivity index (χ1n) is 6.69. The fourth-order valence-electron chi connectivity index (χ4n) is 2.30. The normalized spacial score (nSPS) is 14.9. The van der Waals surface area contributed by atoms with Gasteiger partial charge in [-0.25, -0.2) is 4.68 Å². The van der Waals surface area contributed by atoms with Crippen LogP contribution in [0.15, 0.2) is 28.7 Å². The van der Waals surface area contributed by atoms with E-state index in [9.17, 15) is 0 Å². The standard InChI is InChI=1S/C15H18BrN3/c1-10-7-11(2)19(18-10)15-8-13(16)4-3-12(15)9-17-14-5-6-14/h3-4,7-8,14,17H,5-6,9H2,1-2H3. The maximum atomic E-state index is 4.59. The summed E-state index contributed by atoms with van der Waals surface area (Å²) in [4.78, 5) is 0. The molecule has 1 aromatic carbocycles. The van der Waals surface area contributed by atoms with Crippen LogP contribution < -0.4 is 5.32 Å². The lowest BCUT2D eigenvalue weighted by molar-refractivity contribution is 0.679. The Morgan fingerprint density at radius 2 is 2.11 bits per heavy atom. The molecule has 0 atom stereocenters. The molecule has 0 saturated heterocycles. The van der Waals surface area contributed by atoms with Crippen molar-refractivity contribution < 1.29 is 0 Å². The Morgan fingerprint density at radius 1 is 1.32 bits per heavy atom. The lowest BCUT2D eigenvalue weighted by Crippen LogP contribution is -2.17. The topological polar surface area (TPSA) is 29.9 Å². The van der Waals surface area contributed by atoms with Gasteiger partial charge in [0.15, 0.2) is 0 Å². The molecule has 1 saturated carbocycles. The molecule has 0 spiro atoms. The lowest BCUT2D eigenvalue weighted by atomic mass is 10.1. The number of aryl methyl sites for hydroxylation is 2. The number of hydrogen-bond acceptors (Lipinski definition) is 2. The van der Waals surface area contributed by atoms with Gasteiger partial charge in [0.25, 0.3) is 0 Å². The van der Waals surface area contributed by atoms with Crippen molar-refractivity contribution in [2.75, 3.05) is 0 Å². The quantitative estimate of drug-likeness (QED) is 0.934. The molecule has 0 aliphatic heterocycles. The number of nitrogens with zero attached hydrogens (tertiary/aromatic N) is 2. The second kappa shape index (κ2) is 5.10. The molecule has 0 bridgehead atoms. The monoisotopic (exact) mass is 319 g/mol. The van der Waals surface area contributed by atoms with E-state index in [2.05, 4.69) is 57.5 Å². The average molecular weight is 320 g/mol. The van der Waals surface area contributed by atoms with E-state index in [4.69, 9.17) is 0 Å². The number of benzene rings is 1. The zero-order valence-corrected chi connectivity index (χ0v) is 12.9. The van der Waals surface area contributed by atoms with Crippen LogP contribution in [0, 0.1) is 13.8 Å². The summed E-state index contributed by atoms with van der Waals surface area (Å²) >= 11 is 3.56. The summed E-state index contributed by atoms with van der Waals surface area (Å²) in [6, 6.07) is 9.24. The summed E-state index contributed by atoms with van der Waals surface area (Å²) in [7, 11) is 0. The van der Waals surface area contributed by atoms with Gasteiger partial charge >= 0.3 is 0 Å². The van der Waals surface area contributed by atoms with Gasteiger partial charge in [0.1, 0.15) is 0 Å². The number of halogens is 1. The third-order valence-corrected chi connectivity index (χ3v) is 3.94. The molecule has 1 N–H and O–H groups in total. The molecule has 1 aliphatic rings. The van der Waals surface area contributed by atoms with Crippen molar-refractivity contribution in [1.29, 1.82) is 0 Å². The Hall–Kier alpha value is -1.13. The molecular weight excluding hydrogens is 302 g/mol. The molecule has 3 nitrogen and oxygen atoms in total. The highest BCUT2D eigenvalue weighted by Crippen LogP contribution is 2.24. The number of hydrogen-bond donors (Lipinski definition) is 1. The fraction of sp³-hybridized carbons (Fsp3) is 0.400. The van der Waals surface area contributed by atoms with Crippen LogP contribution in [-0.4, -0.2) is 15.8 Å². The van der Waals surface area contributed by atoms with Crippen molar-refractivity contribution in [3.05, 3.63) is 45.7 Å². The minimum absolute atomic E-state index is 0.719. The smallest absolute Gasteiger partial charge is 0.0704 e. The molecule has 3 rings (SSSR count). The molecule has 4 heteroatoms. The Kier molecular flexibility index (Phi) is 3.46. The van der Waals surface area contributed by atoms with Gasteiger partial charge in [-0.15, -0.1) is 0 Å². The number of rotatable bonds is 4. The highest BCUT2D eigenvalue weighted by molar-refractivity contribution is 9.10. The van der Waals surface area contributed by atoms with E-state index in [1.807, 2.05) is 11.6 Å². The third kappa shape index (κ3) is 2.90. The zero-order chi connectivity index (χ0) is 13.4. The molecule has 1 aliphatic carbocycles. The van der Waals surface area contributed by atoms with Gasteiger partial charge < -0.3 is 5.32 Å². The summed E-state index contributed by atoms with van der Waals surface area (Å²) in [6.07, 6.45) is 2.62. The van der Waals surface area contributed by atoms with Crippen LogP contribution >= 0.6 is 15.9 Å². The zero-order valence-electron chi connectivity index (χ0n) is 11.3. The summed E-state index contributed by atoms with van der Waals surface area (Å²) in [6.45, 7) is 5.04. The van der Waals surface area contributed by atoms with Gasteiger partial charge in [0.2, 0.25) is 0 Å². The van der Waals surface area contributed by atoms with Crippen LogP contribution in [0.25, 0.3) is 5.69 Å². The van der Waals surface area contributed by atoms with E-state index in [0.29, 0.717) is 0 Å². The molecule has 0 unspecified atom stereocenters. The fourth-order valence-corrected chi connectivity index (χ4v) is 2.65. The van der Waals surface area contributed by atoms with E-state index in [-0.39, 0.29) is 0 Å². The van der Waals surface area contributed by atoms with Crippen molar-refractivity contribution >= 4 is 15.9 Å². The van der Waals surface area contributed by atoms with Gasteiger partial charge in [-0.05, 0) is 50.5 Å². The van der Waals surface area contributed by atoms with E-state index >= 15 is 0 Å². The van der Waals surface area contributed by atoms with Crippen molar-refractivity contribution in [1.82, 2.24) is 15.1 Å². The van der Waals surface area contributed by atoms with Gasteiger partial charge in [-0.2, -0.15) is 5.10 Å². The first-order chi connectivity index (χ1) is 9.13. The average Bonchev–Trinajstić information content (AvgIpc) is 3.13. The largest absolute Gasteiger partial charge is 0.310 e. The van der Waals surface area contributed by atoms with Gasteiger partial charge in [0, 0.05) is 22.8 Å². The second-order valence-electron chi connectivity index (χ2n) is 5.27. The van der Waals surface area contributed by atoms with Crippen molar-refractivity contribution in [3.63, 3.8) is 0 Å². The molecule has 0 amide bonds. The van der Waals surface area contributed by atoms with Gasteiger partial charge in [-0.1, -0.05) is 22.0 Å². The van der Waals surface area contributed by atoms with E-state index < -0.39 is 0 Å². The first kappa shape index (κ1) is 12.9. The maximum Gasteiger partial charge on any atom is 0.0704 e. The van der Waals surface area contributed by atoms with Crippen molar-refractivity contribution in [3.8, 4) is 5.69 Å². The van der Waals surface area contributed by atoms with Crippen LogP contribution in [0.2, 0.25) is 0 Å². The maximum absolute atomic E-state index is 4.59. The summed E-state index contributed by atoms with van der Waals surface area (Å²) < 4.78 is 3.12. The van der Waals surface area contributed by atoms with E-state index in [0.717, 1.165) is 28.4 Å². The molecule has 1 heterocycles. The lowest BCUT2D eigenvalue weighted by Gasteiger charge is -2.12. The summed E-state index contributed by atoms with van der Waals surface area (Å²) in [5.41, 5.74) is 4.68. The highest BCUT2D eigenvalue weighted by Gasteiger charge is 2.20. The predicted molar refractivity (Wildman–Crippen MR) is 80.6 cm³/mol. The molecule has 19 heavy (non-hydrogen) atoms. The minimum Gasteiger partial charge on any atom is -0.310 e. The van der Waals surface area contributed by atoms with Crippen LogP contribution in [0.1, 0.15) is 29.8 Å². The van der Waals surface area contributed by atoms with E-state index in [1.165, 1.54) is 24.1 Å². The summed E-state index contributed by atoms with van der Waals surface area (Å²) in [5.74, 6) is 0. The Labute approximate surface area is 122 Å². The van der Waals surface area contributed by atoms with E-state index in [1.54, 1.807) is 0 Å². The Bertz CT molecular complexity index is 599. The number of nitrogens with one attached hydrogen (secondary N) is 1. The predicted octanol–water partition coefficient (Wildman–Crippen LogP) is 3.50. The van der Waals surface area contributed by atoms with Crippen molar-refractivity contribution in [2.24, 2.45) is 0 Å². The van der Waals surface area contributed by atoms with Crippen LogP contribution in [-0.2, 0) is 6.54 Å². The summed E-state index contributed by atoms with van der Waals surface area (Å²) in [5, 5.41) is 8.17. The highest BCUT2D eigenvalue weighted by atomic mass is 79.9. The third-order valence-electron chi connectivity index (χ3n) is 3.44. The van der Waals surface area contributed by atoms with Crippen molar-refractivity contribution in [2.45, 2.75) is 39.3 Å². The molecule has 100 valence electrons. The minimum atomic E-state index is 0.719.